The van der Waals surface area contributed by atoms with Crippen molar-refractivity contribution in [3.05, 3.63) is 48.0 Å². The molecule has 2 rings (SSSR count). The molecule has 0 aromatic heterocycles. The van der Waals surface area contributed by atoms with Gasteiger partial charge in [-0.1, -0.05) is 36.9 Å². The lowest BCUT2D eigenvalue weighted by Gasteiger charge is -2.30. The van der Waals surface area contributed by atoms with Crippen molar-refractivity contribution >= 4 is 11.8 Å². The smallest absolute Gasteiger partial charge is 0.326 e. The lowest BCUT2D eigenvalue weighted by atomic mass is 9.72. The normalized spacial score (nSPS) is 25.5. The molecule has 1 saturated heterocycles. The van der Waals surface area contributed by atoms with Crippen LogP contribution in [-0.4, -0.2) is 25.0 Å². The second-order valence-electron chi connectivity index (χ2n) is 4.79. The van der Waals surface area contributed by atoms with E-state index in [1.54, 1.807) is 6.92 Å². The van der Waals surface area contributed by atoms with E-state index in [1.807, 2.05) is 30.3 Å². The molecule has 0 radical (unpaired) electrons. The van der Waals surface area contributed by atoms with E-state index in [4.69, 9.17) is 9.47 Å². The third-order valence-corrected chi connectivity index (χ3v) is 3.63. The van der Waals surface area contributed by atoms with Gasteiger partial charge in [0.2, 0.25) is 0 Å². The van der Waals surface area contributed by atoms with E-state index in [0.717, 1.165) is 5.56 Å². The molecule has 4 nitrogen and oxygen atoms in total. The Kier molecular flexibility index (Phi) is 4.04. The Hall–Kier alpha value is -1.94. The van der Waals surface area contributed by atoms with Crippen molar-refractivity contribution in [1.29, 1.82) is 0 Å². The Morgan fingerprint density at radius 1 is 1.40 bits per heavy atom. The second-order valence-corrected chi connectivity index (χ2v) is 4.79. The predicted octanol–water partition coefficient (Wildman–Crippen LogP) is 2.45. The molecule has 1 aliphatic heterocycles. The fraction of sp³-hybridized carbons (Fsp3) is 0.375. The summed E-state index contributed by atoms with van der Waals surface area (Å²) < 4.78 is 10.8. The van der Waals surface area contributed by atoms with Crippen LogP contribution in [0.3, 0.4) is 0 Å². The van der Waals surface area contributed by atoms with Gasteiger partial charge in [0.1, 0.15) is 6.10 Å². The summed E-state index contributed by atoms with van der Waals surface area (Å²) in [5, 5.41) is 0. The largest absolute Gasteiger partial charge is 0.465 e. The highest BCUT2D eigenvalue weighted by molar-refractivity contribution is 6.07. The highest BCUT2D eigenvalue weighted by Gasteiger charge is 2.58. The first-order chi connectivity index (χ1) is 9.55. The van der Waals surface area contributed by atoms with Crippen LogP contribution < -0.4 is 0 Å². The van der Waals surface area contributed by atoms with E-state index >= 15 is 0 Å². The molecule has 2 atom stereocenters. The molecule has 1 heterocycles. The Morgan fingerprint density at radius 3 is 2.60 bits per heavy atom. The molecular formula is C16H18O4. The van der Waals surface area contributed by atoms with E-state index in [2.05, 4.69) is 6.58 Å². The van der Waals surface area contributed by atoms with Gasteiger partial charge in [0.05, 0.1) is 13.2 Å². The average molecular weight is 274 g/mol. The molecule has 0 saturated carbocycles. The monoisotopic (exact) mass is 274 g/mol. The minimum atomic E-state index is -1.43. The summed E-state index contributed by atoms with van der Waals surface area (Å²) in [4.78, 5) is 24.7. The number of Topliss-reactive ketones (excluding diaryl/α,β-unsaturated/α-hetero) is 1. The van der Waals surface area contributed by atoms with Gasteiger partial charge in [-0.15, -0.1) is 0 Å². The summed E-state index contributed by atoms with van der Waals surface area (Å²) in [6.45, 7) is 7.34. The molecule has 0 spiro atoms. The Labute approximate surface area is 118 Å². The first kappa shape index (κ1) is 14.5. The maximum absolute atomic E-state index is 12.4. The van der Waals surface area contributed by atoms with Crippen LogP contribution in [0, 0.1) is 5.41 Å². The van der Waals surface area contributed by atoms with Gasteiger partial charge in [0, 0.05) is 0 Å². The lowest BCUT2D eigenvalue weighted by molar-refractivity contribution is -0.161. The number of ether oxygens (including phenoxy) is 2. The van der Waals surface area contributed by atoms with Crippen LogP contribution in [0.15, 0.2) is 42.5 Å². The van der Waals surface area contributed by atoms with Gasteiger partial charge in [-0.3, -0.25) is 9.59 Å². The number of carbonyl (C=O) groups is 2. The Balaban J connectivity index is 2.53. The number of hydrogen-bond acceptors (Lipinski definition) is 4. The molecule has 0 aliphatic carbocycles. The minimum absolute atomic E-state index is 0.179. The summed E-state index contributed by atoms with van der Waals surface area (Å²) >= 11 is 0. The van der Waals surface area contributed by atoms with Crippen LogP contribution in [0.5, 0.6) is 0 Å². The topological polar surface area (TPSA) is 52.6 Å². The Bertz CT molecular complexity index is 535. The number of hydrogen-bond donors (Lipinski definition) is 0. The van der Waals surface area contributed by atoms with Crippen molar-refractivity contribution in [3.8, 4) is 0 Å². The summed E-state index contributed by atoms with van der Waals surface area (Å²) in [7, 11) is 0. The highest BCUT2D eigenvalue weighted by atomic mass is 16.5. The third-order valence-electron chi connectivity index (χ3n) is 3.63. The molecule has 1 aromatic carbocycles. The summed E-state index contributed by atoms with van der Waals surface area (Å²) in [5.41, 5.74) is -0.205. The van der Waals surface area contributed by atoms with E-state index in [0.29, 0.717) is 5.57 Å². The van der Waals surface area contributed by atoms with E-state index in [-0.39, 0.29) is 19.0 Å². The number of rotatable bonds is 4. The van der Waals surface area contributed by atoms with Gasteiger partial charge >= 0.3 is 5.97 Å². The molecule has 1 fully saturated rings. The summed E-state index contributed by atoms with van der Waals surface area (Å²) in [5.74, 6) is -0.879. The van der Waals surface area contributed by atoms with Gasteiger partial charge in [-0.25, -0.2) is 0 Å². The van der Waals surface area contributed by atoms with Gasteiger partial charge < -0.3 is 9.47 Å². The van der Waals surface area contributed by atoms with E-state index in [9.17, 15) is 9.59 Å². The van der Waals surface area contributed by atoms with E-state index in [1.165, 1.54) is 6.92 Å². The molecule has 1 aliphatic rings. The second kappa shape index (κ2) is 5.59. The number of ketones is 1. The van der Waals surface area contributed by atoms with Gasteiger partial charge in [-0.2, -0.15) is 0 Å². The SMILES string of the molecule is C=C1CO[C@@H](c2ccccc2)[C@]1(C(C)=O)C(=O)OCC. The van der Waals surface area contributed by atoms with Crippen molar-refractivity contribution in [2.45, 2.75) is 20.0 Å². The average Bonchev–Trinajstić information content (AvgIpc) is 2.78. The molecule has 4 heteroatoms. The van der Waals surface area contributed by atoms with Crippen molar-refractivity contribution in [2.75, 3.05) is 13.2 Å². The summed E-state index contributed by atoms with van der Waals surface area (Å²) in [6, 6.07) is 9.22. The number of benzene rings is 1. The van der Waals surface area contributed by atoms with Crippen LogP contribution >= 0.6 is 0 Å². The van der Waals surface area contributed by atoms with Gasteiger partial charge in [0.25, 0.3) is 0 Å². The molecule has 0 bridgehead atoms. The minimum Gasteiger partial charge on any atom is -0.465 e. The van der Waals surface area contributed by atoms with Crippen LogP contribution in [0.2, 0.25) is 0 Å². The predicted molar refractivity (Wildman–Crippen MR) is 74.0 cm³/mol. The van der Waals surface area contributed by atoms with Crippen molar-refractivity contribution < 1.29 is 19.1 Å². The quantitative estimate of drug-likeness (QED) is 0.481. The van der Waals surface area contributed by atoms with E-state index < -0.39 is 17.5 Å². The van der Waals surface area contributed by atoms with Gasteiger partial charge in [-0.05, 0) is 25.0 Å². The molecule has 0 unspecified atom stereocenters. The van der Waals surface area contributed by atoms with Crippen LogP contribution in [0.1, 0.15) is 25.5 Å². The maximum atomic E-state index is 12.4. The highest BCUT2D eigenvalue weighted by Crippen LogP contribution is 2.49. The Morgan fingerprint density at radius 2 is 2.05 bits per heavy atom. The summed E-state index contributed by atoms with van der Waals surface area (Å²) in [6.07, 6.45) is -0.673. The zero-order valence-corrected chi connectivity index (χ0v) is 11.7. The zero-order chi connectivity index (χ0) is 14.8. The first-order valence-corrected chi connectivity index (χ1v) is 6.58. The maximum Gasteiger partial charge on any atom is 0.326 e. The van der Waals surface area contributed by atoms with Crippen molar-refractivity contribution in [2.24, 2.45) is 5.41 Å². The number of esters is 1. The first-order valence-electron chi connectivity index (χ1n) is 6.58. The molecule has 106 valence electrons. The van der Waals surface area contributed by atoms with Crippen molar-refractivity contribution in [3.63, 3.8) is 0 Å². The van der Waals surface area contributed by atoms with Crippen LogP contribution in [0.25, 0.3) is 0 Å². The molecule has 20 heavy (non-hydrogen) atoms. The fourth-order valence-corrected chi connectivity index (χ4v) is 2.66. The third kappa shape index (κ3) is 2.06. The van der Waals surface area contributed by atoms with Gasteiger partial charge in [0.15, 0.2) is 11.2 Å². The van der Waals surface area contributed by atoms with Crippen molar-refractivity contribution in [1.82, 2.24) is 0 Å². The zero-order valence-electron chi connectivity index (χ0n) is 11.7. The fourth-order valence-electron chi connectivity index (χ4n) is 2.66. The molecule has 0 amide bonds. The lowest BCUT2D eigenvalue weighted by Crippen LogP contribution is -2.43. The van der Waals surface area contributed by atoms with Crippen LogP contribution in [0.4, 0.5) is 0 Å². The van der Waals surface area contributed by atoms with Crippen LogP contribution in [-0.2, 0) is 19.1 Å². The molecule has 0 N–H and O–H groups in total. The molecule has 1 aromatic rings. The number of carbonyl (C=O) groups excluding carboxylic acids is 2. The standard InChI is InChI=1S/C16H18O4/c1-4-19-15(18)16(12(3)17)11(2)10-20-14(16)13-8-6-5-7-9-13/h5-9,14H,2,4,10H2,1,3H3/t14-,16-/m0/s1. The molecular weight excluding hydrogens is 256 g/mol.